The van der Waals surface area contributed by atoms with E-state index in [2.05, 4.69) is 25.4 Å². The Hall–Kier alpha value is -3.38. The summed E-state index contributed by atoms with van der Waals surface area (Å²) < 4.78 is 12.0. The summed E-state index contributed by atoms with van der Waals surface area (Å²) in [6, 6.07) is 1.68. The number of piperidine rings is 1. The number of cyclic esters (lactones) is 1. The highest BCUT2D eigenvalue weighted by Gasteiger charge is 2.50. The maximum absolute atomic E-state index is 13.3. The normalized spacial score (nSPS) is 21.4. The number of aromatic nitrogens is 5. The minimum absolute atomic E-state index is 0.0874. The van der Waals surface area contributed by atoms with Crippen LogP contribution in [0.2, 0.25) is 0 Å². The van der Waals surface area contributed by atoms with Gasteiger partial charge >= 0.3 is 5.97 Å². The number of aliphatic hydroxyl groups is 1. The summed E-state index contributed by atoms with van der Waals surface area (Å²) in [6.07, 6.45) is 4.40. The summed E-state index contributed by atoms with van der Waals surface area (Å²) in [4.78, 5) is 33.3. The lowest BCUT2D eigenvalue weighted by Crippen LogP contribution is -2.45. The number of likely N-dealkylation sites (tertiary alicyclic amines) is 2. The molecule has 1 N–H and O–H groups in total. The molecule has 0 radical (unpaired) electrons. The van der Waals surface area contributed by atoms with Gasteiger partial charge in [-0.3, -0.25) is 4.79 Å². The molecule has 0 aliphatic carbocycles. The molecule has 5 rings (SSSR count). The van der Waals surface area contributed by atoms with Crippen molar-refractivity contribution in [2.45, 2.75) is 32.3 Å². The van der Waals surface area contributed by atoms with E-state index in [1.54, 1.807) is 24.1 Å². The van der Waals surface area contributed by atoms with Crippen LogP contribution in [-0.2, 0) is 14.3 Å². The fourth-order valence-corrected chi connectivity index (χ4v) is 5.05. The number of esters is 1. The van der Waals surface area contributed by atoms with Crippen LogP contribution in [0.15, 0.2) is 29.9 Å². The zero-order valence-corrected chi connectivity index (χ0v) is 19.2. The molecule has 2 aromatic heterocycles. The highest BCUT2D eigenvalue weighted by Crippen LogP contribution is 2.44. The minimum atomic E-state index is -0.801. The Bertz CT molecular complexity index is 1120. The van der Waals surface area contributed by atoms with Crippen LogP contribution in [0.1, 0.15) is 37.9 Å². The Morgan fingerprint density at radius 1 is 1.24 bits per heavy atom. The lowest BCUT2D eigenvalue weighted by atomic mass is 9.77. The molecule has 34 heavy (non-hydrogen) atoms. The number of methoxy groups -OCH3 is 1. The molecule has 1 amide bonds. The molecule has 3 aliphatic rings. The van der Waals surface area contributed by atoms with Gasteiger partial charge in [-0.25, -0.2) is 9.78 Å². The summed E-state index contributed by atoms with van der Waals surface area (Å²) in [5.41, 5.74) is 1.40. The summed E-state index contributed by atoms with van der Waals surface area (Å²) in [7, 11) is 1.54. The van der Waals surface area contributed by atoms with Gasteiger partial charge in [-0.15, -0.1) is 5.10 Å². The Morgan fingerprint density at radius 3 is 2.65 bits per heavy atom. The SMILES string of the molecule is COc1cc(-n2cnnn2)ncc1[C@@H](O)CN1CCC2(CC1)CCN(C1=C(C)C(=O)OC1)C2=O. The van der Waals surface area contributed by atoms with Crippen LogP contribution >= 0.6 is 0 Å². The summed E-state index contributed by atoms with van der Waals surface area (Å²) in [6.45, 7) is 4.30. The predicted molar refractivity (Wildman–Crippen MR) is 117 cm³/mol. The Balaban J connectivity index is 1.22. The molecule has 3 aliphatic heterocycles. The first kappa shape index (κ1) is 22.4. The van der Waals surface area contributed by atoms with E-state index in [4.69, 9.17) is 9.47 Å². The number of carbonyl (C=O) groups excluding carboxylic acids is 2. The van der Waals surface area contributed by atoms with Crippen molar-refractivity contribution in [1.82, 2.24) is 35.0 Å². The van der Waals surface area contributed by atoms with Gasteiger partial charge < -0.3 is 24.4 Å². The molecule has 0 aromatic carbocycles. The second-order valence-corrected chi connectivity index (χ2v) is 8.99. The average molecular weight is 470 g/mol. The number of pyridine rings is 1. The summed E-state index contributed by atoms with van der Waals surface area (Å²) >= 11 is 0. The molecule has 12 heteroatoms. The van der Waals surface area contributed by atoms with Crippen LogP contribution < -0.4 is 4.74 Å². The van der Waals surface area contributed by atoms with Crippen molar-refractivity contribution >= 4 is 11.9 Å². The van der Waals surface area contributed by atoms with E-state index in [0.717, 1.165) is 6.42 Å². The third-order valence-electron chi connectivity index (χ3n) is 7.21. The number of tetrazole rings is 1. The highest BCUT2D eigenvalue weighted by molar-refractivity contribution is 5.94. The molecule has 2 fully saturated rings. The van der Waals surface area contributed by atoms with E-state index in [1.165, 1.54) is 18.1 Å². The van der Waals surface area contributed by atoms with Crippen molar-refractivity contribution in [3.63, 3.8) is 0 Å². The second kappa shape index (κ2) is 8.76. The monoisotopic (exact) mass is 469 g/mol. The van der Waals surface area contributed by atoms with Crippen LogP contribution in [0.25, 0.3) is 5.82 Å². The van der Waals surface area contributed by atoms with Gasteiger partial charge in [-0.05, 0) is 49.7 Å². The van der Waals surface area contributed by atoms with Gasteiger partial charge in [0.25, 0.3) is 0 Å². The highest BCUT2D eigenvalue weighted by atomic mass is 16.5. The third-order valence-corrected chi connectivity index (χ3v) is 7.21. The number of amides is 1. The van der Waals surface area contributed by atoms with Gasteiger partial charge in [-0.1, -0.05) is 0 Å². The number of rotatable bonds is 6. The standard InChI is InChI=1S/C22H27N7O5/c1-14-16(12-34-20(14)31)28-8-5-22(21(28)32)3-6-27(7-4-22)11-17(30)15-10-23-19(9-18(15)33-2)29-13-24-25-26-29/h9-10,13,17,30H,3-8,11-12H2,1-2H3/t17-/m0/s1. The van der Waals surface area contributed by atoms with Gasteiger partial charge in [0.05, 0.1) is 29.9 Å². The average Bonchev–Trinajstić information content (AvgIpc) is 3.57. The number of carbonyl (C=O) groups is 2. The molecule has 0 saturated carbocycles. The molecule has 5 heterocycles. The van der Waals surface area contributed by atoms with Gasteiger partial charge in [0.2, 0.25) is 5.91 Å². The van der Waals surface area contributed by atoms with E-state index in [-0.39, 0.29) is 18.5 Å². The van der Waals surface area contributed by atoms with Crippen LogP contribution in [0.3, 0.4) is 0 Å². The number of hydrogen-bond donors (Lipinski definition) is 1. The lowest BCUT2D eigenvalue weighted by molar-refractivity contribution is -0.138. The first-order valence-corrected chi connectivity index (χ1v) is 11.3. The molecule has 2 aromatic rings. The number of nitrogens with zero attached hydrogens (tertiary/aromatic N) is 7. The number of ether oxygens (including phenoxy) is 2. The zero-order valence-electron chi connectivity index (χ0n) is 19.2. The van der Waals surface area contributed by atoms with Crippen LogP contribution in [0.4, 0.5) is 0 Å². The topological polar surface area (TPSA) is 136 Å². The quantitative estimate of drug-likeness (QED) is 0.586. The fourth-order valence-electron chi connectivity index (χ4n) is 5.05. The van der Waals surface area contributed by atoms with Gasteiger partial charge in [0, 0.05) is 30.9 Å². The summed E-state index contributed by atoms with van der Waals surface area (Å²) in [5, 5.41) is 21.9. The van der Waals surface area contributed by atoms with Crippen LogP contribution in [0.5, 0.6) is 5.75 Å². The smallest absolute Gasteiger partial charge is 0.336 e. The Kier molecular flexibility index (Phi) is 5.78. The fraction of sp³-hybridized carbons (Fsp3) is 0.545. The Labute approximate surface area is 196 Å². The largest absolute Gasteiger partial charge is 0.496 e. The van der Waals surface area contributed by atoms with Crippen molar-refractivity contribution in [3.05, 3.63) is 35.4 Å². The van der Waals surface area contributed by atoms with Gasteiger partial charge in [-0.2, -0.15) is 4.68 Å². The van der Waals surface area contributed by atoms with E-state index in [1.807, 2.05) is 0 Å². The van der Waals surface area contributed by atoms with Gasteiger partial charge in [0.1, 0.15) is 18.7 Å². The molecule has 1 spiro atoms. The molecular formula is C22H27N7O5. The van der Waals surface area contributed by atoms with Crippen LogP contribution in [0, 0.1) is 5.41 Å². The Morgan fingerprint density at radius 2 is 2.00 bits per heavy atom. The molecule has 12 nitrogen and oxygen atoms in total. The molecule has 0 bridgehead atoms. The van der Waals surface area contributed by atoms with Crippen molar-refractivity contribution in [1.29, 1.82) is 0 Å². The summed E-state index contributed by atoms with van der Waals surface area (Å²) in [5.74, 6) is 0.731. The van der Waals surface area contributed by atoms with E-state index >= 15 is 0 Å². The number of β-amino-alcohol motifs (C(OH)–C–C–N with tert-alkyl or cyclic N) is 1. The number of hydrogen-bond acceptors (Lipinski definition) is 10. The van der Waals surface area contributed by atoms with Crippen molar-refractivity contribution in [3.8, 4) is 11.6 Å². The van der Waals surface area contributed by atoms with Crippen molar-refractivity contribution in [2.24, 2.45) is 5.41 Å². The first-order valence-electron chi connectivity index (χ1n) is 11.3. The lowest BCUT2D eigenvalue weighted by Gasteiger charge is -2.38. The maximum Gasteiger partial charge on any atom is 0.336 e. The van der Waals surface area contributed by atoms with E-state index in [9.17, 15) is 14.7 Å². The van der Waals surface area contributed by atoms with Crippen LogP contribution in [-0.4, -0.2) is 91.9 Å². The predicted octanol–water partition coefficient (Wildman–Crippen LogP) is 0.245. The molecule has 180 valence electrons. The maximum atomic E-state index is 13.3. The van der Waals surface area contributed by atoms with Gasteiger partial charge in [0.15, 0.2) is 5.82 Å². The zero-order chi connectivity index (χ0) is 23.9. The van der Waals surface area contributed by atoms with Crippen molar-refractivity contribution in [2.75, 3.05) is 39.9 Å². The first-order chi connectivity index (χ1) is 16.4. The third kappa shape index (κ3) is 3.82. The second-order valence-electron chi connectivity index (χ2n) is 8.99. The minimum Gasteiger partial charge on any atom is -0.496 e. The van der Waals surface area contributed by atoms with E-state index < -0.39 is 11.5 Å². The number of aliphatic hydroxyl groups excluding tert-OH is 1. The molecule has 1 atom stereocenters. The molecule has 0 unspecified atom stereocenters. The van der Waals surface area contributed by atoms with E-state index in [0.29, 0.717) is 67.4 Å². The van der Waals surface area contributed by atoms with Crippen molar-refractivity contribution < 1.29 is 24.2 Å². The molecular weight excluding hydrogens is 442 g/mol. The molecule has 2 saturated heterocycles.